The number of carbonyl (C=O) groups is 3. The van der Waals surface area contributed by atoms with Gasteiger partial charge in [-0.1, -0.05) is 18.2 Å². The van der Waals surface area contributed by atoms with Crippen molar-refractivity contribution in [3.8, 4) is 5.75 Å². The van der Waals surface area contributed by atoms with Crippen LogP contribution < -0.4 is 15.8 Å². The van der Waals surface area contributed by atoms with E-state index < -0.39 is 12.0 Å². The van der Waals surface area contributed by atoms with Gasteiger partial charge in [0.1, 0.15) is 5.75 Å². The van der Waals surface area contributed by atoms with Gasteiger partial charge in [0.25, 0.3) is 5.91 Å². The number of para-hydroxylation sites is 1. The van der Waals surface area contributed by atoms with E-state index in [1.165, 1.54) is 0 Å². The number of primary amides is 1. The summed E-state index contributed by atoms with van der Waals surface area (Å²) in [6.45, 7) is 2.67. The first-order chi connectivity index (χ1) is 13.5. The lowest BCUT2D eigenvalue weighted by atomic mass is 10.1. The fourth-order valence-corrected chi connectivity index (χ4v) is 3.13. The molecule has 3 amide bonds. The van der Waals surface area contributed by atoms with E-state index in [2.05, 4.69) is 5.32 Å². The van der Waals surface area contributed by atoms with E-state index in [0.717, 1.165) is 11.3 Å². The van der Waals surface area contributed by atoms with Gasteiger partial charge in [-0.15, -0.1) is 0 Å². The maximum Gasteiger partial charge on any atom is 0.263 e. The third-order valence-corrected chi connectivity index (χ3v) is 4.68. The molecule has 0 radical (unpaired) electrons. The van der Waals surface area contributed by atoms with Crippen molar-refractivity contribution in [3.05, 3.63) is 59.7 Å². The maximum absolute atomic E-state index is 12.7. The third kappa shape index (κ3) is 4.49. The number of hydrogen-bond acceptors (Lipinski definition) is 4. The van der Waals surface area contributed by atoms with Crippen molar-refractivity contribution < 1.29 is 19.1 Å². The molecule has 0 aliphatic carbocycles. The molecule has 1 heterocycles. The molecule has 0 spiro atoms. The topological polar surface area (TPSA) is 102 Å². The molecule has 1 aliphatic heterocycles. The zero-order chi connectivity index (χ0) is 20.1. The molecule has 0 fully saturated rings. The van der Waals surface area contributed by atoms with Crippen molar-refractivity contribution in [1.82, 2.24) is 4.90 Å². The highest BCUT2D eigenvalue weighted by molar-refractivity contribution is 5.95. The summed E-state index contributed by atoms with van der Waals surface area (Å²) >= 11 is 0. The monoisotopic (exact) mass is 381 g/mol. The number of anilines is 1. The van der Waals surface area contributed by atoms with E-state index in [9.17, 15) is 14.4 Å². The summed E-state index contributed by atoms with van der Waals surface area (Å²) in [4.78, 5) is 37.7. The highest BCUT2D eigenvalue weighted by Gasteiger charge is 2.31. The molecule has 146 valence electrons. The molecule has 0 saturated heterocycles. The van der Waals surface area contributed by atoms with Crippen molar-refractivity contribution >= 4 is 23.4 Å². The number of amides is 3. The second-order valence-electron chi connectivity index (χ2n) is 6.58. The molecule has 0 saturated carbocycles. The minimum Gasteiger partial charge on any atom is -0.480 e. The Morgan fingerprint density at radius 2 is 1.86 bits per heavy atom. The molecular formula is C21H23N3O4. The van der Waals surface area contributed by atoms with E-state index in [-0.39, 0.29) is 18.2 Å². The number of fused-ring (bicyclic) bond motifs is 1. The van der Waals surface area contributed by atoms with Gasteiger partial charge in [0.05, 0.1) is 0 Å². The van der Waals surface area contributed by atoms with E-state index in [1.807, 2.05) is 31.2 Å². The molecule has 0 aromatic heterocycles. The van der Waals surface area contributed by atoms with Gasteiger partial charge in [0.2, 0.25) is 11.8 Å². The molecular weight excluding hydrogens is 358 g/mol. The highest BCUT2D eigenvalue weighted by atomic mass is 16.5. The second kappa shape index (κ2) is 8.56. The third-order valence-electron chi connectivity index (χ3n) is 4.68. The molecule has 7 nitrogen and oxygen atoms in total. The number of benzene rings is 2. The van der Waals surface area contributed by atoms with E-state index in [0.29, 0.717) is 30.8 Å². The van der Waals surface area contributed by atoms with Gasteiger partial charge < -0.3 is 20.7 Å². The van der Waals surface area contributed by atoms with Gasteiger partial charge in [0, 0.05) is 37.2 Å². The first-order valence-corrected chi connectivity index (χ1v) is 9.21. The lowest BCUT2D eigenvalue weighted by Crippen LogP contribution is -2.42. The molecule has 0 unspecified atom stereocenters. The Kier molecular flexibility index (Phi) is 5.93. The SMILES string of the molecule is CCN(CCC(=O)Nc1ccc(C(N)=O)cc1)C(=O)[C@H]1Cc2ccccc2O1. The Balaban J connectivity index is 1.51. The lowest BCUT2D eigenvalue weighted by Gasteiger charge is -2.23. The van der Waals surface area contributed by atoms with Crippen LogP contribution in [0.5, 0.6) is 5.75 Å². The fourth-order valence-electron chi connectivity index (χ4n) is 3.13. The van der Waals surface area contributed by atoms with Gasteiger partial charge in [-0.2, -0.15) is 0 Å². The van der Waals surface area contributed by atoms with Crippen molar-refractivity contribution in [1.29, 1.82) is 0 Å². The van der Waals surface area contributed by atoms with Crippen molar-refractivity contribution in [2.24, 2.45) is 5.73 Å². The Bertz CT molecular complexity index is 854. The van der Waals surface area contributed by atoms with Crippen LogP contribution in [0.25, 0.3) is 0 Å². The van der Waals surface area contributed by atoms with Crippen molar-refractivity contribution in [2.45, 2.75) is 25.9 Å². The number of rotatable bonds is 7. The van der Waals surface area contributed by atoms with Crippen molar-refractivity contribution in [3.63, 3.8) is 0 Å². The van der Waals surface area contributed by atoms with Crippen LogP contribution in [0, 0.1) is 0 Å². The summed E-state index contributed by atoms with van der Waals surface area (Å²) in [5.74, 6) is -0.105. The quantitative estimate of drug-likeness (QED) is 0.765. The number of likely N-dealkylation sites (N-methyl/N-ethyl adjacent to an activating group) is 1. The van der Waals surface area contributed by atoms with Crippen LogP contribution in [-0.2, 0) is 16.0 Å². The molecule has 2 aromatic rings. The molecule has 3 N–H and O–H groups in total. The Morgan fingerprint density at radius 3 is 2.50 bits per heavy atom. The van der Waals surface area contributed by atoms with Gasteiger partial charge in [-0.25, -0.2) is 0 Å². The summed E-state index contributed by atoms with van der Waals surface area (Å²) in [5.41, 5.74) is 7.16. The van der Waals surface area contributed by atoms with Crippen LogP contribution in [0.4, 0.5) is 5.69 Å². The lowest BCUT2D eigenvalue weighted by molar-refractivity contribution is -0.138. The van der Waals surface area contributed by atoms with E-state index >= 15 is 0 Å². The molecule has 7 heteroatoms. The maximum atomic E-state index is 12.7. The Hall–Kier alpha value is -3.35. The zero-order valence-corrected chi connectivity index (χ0v) is 15.7. The summed E-state index contributed by atoms with van der Waals surface area (Å²) in [6.07, 6.45) is 0.169. The molecule has 0 bridgehead atoms. The zero-order valence-electron chi connectivity index (χ0n) is 15.7. The van der Waals surface area contributed by atoms with E-state index in [4.69, 9.17) is 10.5 Å². The summed E-state index contributed by atoms with van der Waals surface area (Å²) in [7, 11) is 0. The molecule has 1 aliphatic rings. The normalized spacial score (nSPS) is 14.7. The van der Waals surface area contributed by atoms with Crippen LogP contribution in [0.2, 0.25) is 0 Å². The van der Waals surface area contributed by atoms with Crippen LogP contribution in [0.15, 0.2) is 48.5 Å². The first kappa shape index (κ1) is 19.4. The number of ether oxygens (including phenoxy) is 1. The van der Waals surface area contributed by atoms with Crippen LogP contribution in [0.3, 0.4) is 0 Å². The Morgan fingerprint density at radius 1 is 1.14 bits per heavy atom. The minimum absolute atomic E-state index is 0.114. The average molecular weight is 381 g/mol. The highest BCUT2D eigenvalue weighted by Crippen LogP contribution is 2.29. The van der Waals surface area contributed by atoms with Crippen LogP contribution in [0.1, 0.15) is 29.3 Å². The number of nitrogens with one attached hydrogen (secondary N) is 1. The van der Waals surface area contributed by atoms with Crippen LogP contribution >= 0.6 is 0 Å². The summed E-state index contributed by atoms with van der Waals surface area (Å²) in [6, 6.07) is 13.9. The van der Waals surface area contributed by atoms with Crippen molar-refractivity contribution in [2.75, 3.05) is 18.4 Å². The molecule has 28 heavy (non-hydrogen) atoms. The number of nitrogens with two attached hydrogens (primary N) is 1. The smallest absolute Gasteiger partial charge is 0.263 e. The fraction of sp³-hybridized carbons (Fsp3) is 0.286. The predicted octanol–water partition coefficient (Wildman–Crippen LogP) is 1.97. The molecule has 2 aromatic carbocycles. The van der Waals surface area contributed by atoms with Gasteiger partial charge in [0.15, 0.2) is 6.10 Å². The predicted molar refractivity (Wildman–Crippen MR) is 105 cm³/mol. The number of carbonyl (C=O) groups excluding carboxylic acids is 3. The number of nitrogens with zero attached hydrogens (tertiary/aromatic N) is 1. The largest absolute Gasteiger partial charge is 0.480 e. The number of hydrogen-bond donors (Lipinski definition) is 2. The van der Waals surface area contributed by atoms with Gasteiger partial charge in [-0.05, 0) is 42.8 Å². The molecule has 1 atom stereocenters. The second-order valence-corrected chi connectivity index (χ2v) is 6.58. The van der Waals surface area contributed by atoms with Gasteiger partial charge >= 0.3 is 0 Å². The minimum atomic E-state index is -0.540. The first-order valence-electron chi connectivity index (χ1n) is 9.21. The summed E-state index contributed by atoms with van der Waals surface area (Å²) < 4.78 is 5.75. The Labute approximate surface area is 163 Å². The average Bonchev–Trinajstić information content (AvgIpc) is 3.13. The standard InChI is InChI=1S/C21H23N3O4/c1-2-24(21(27)18-13-15-5-3-4-6-17(15)28-18)12-11-19(25)23-16-9-7-14(8-10-16)20(22)26/h3-10,18H,2,11-13H2,1H3,(H2,22,26)(H,23,25)/t18-/m1/s1. The van der Waals surface area contributed by atoms with E-state index in [1.54, 1.807) is 29.2 Å². The van der Waals surface area contributed by atoms with Crippen LogP contribution in [-0.4, -0.2) is 41.8 Å². The van der Waals surface area contributed by atoms with Gasteiger partial charge in [-0.3, -0.25) is 14.4 Å². The summed E-state index contributed by atoms with van der Waals surface area (Å²) in [5, 5.41) is 2.75. The molecule has 3 rings (SSSR count).